The zero-order valence-electron chi connectivity index (χ0n) is 12.3. The summed E-state index contributed by atoms with van der Waals surface area (Å²) in [6.45, 7) is 0.869. The molecule has 6 heteroatoms. The molecule has 0 fully saturated rings. The molecular weight excluding hydrogens is 295 g/mol. The van der Waals surface area contributed by atoms with E-state index in [0.29, 0.717) is 18.7 Å². The summed E-state index contributed by atoms with van der Waals surface area (Å²) >= 11 is 0. The number of carbonyl (C=O) groups excluding carboxylic acids is 1. The topological polar surface area (TPSA) is 59.8 Å². The third-order valence-corrected chi connectivity index (χ3v) is 3.32. The fourth-order valence-corrected chi connectivity index (χ4v) is 2.16. The Labute approximate surface area is 132 Å². The molecule has 0 aliphatic heterocycles. The summed E-state index contributed by atoms with van der Waals surface area (Å²) in [5, 5.41) is 10.9. The van der Waals surface area contributed by atoms with Crippen molar-refractivity contribution in [1.29, 1.82) is 0 Å². The largest absolute Gasteiger partial charge is 0.350 e. The molecule has 1 N–H and O–H groups in total. The molecular formula is C17H15FN4O. The van der Waals surface area contributed by atoms with E-state index in [9.17, 15) is 9.18 Å². The molecule has 1 amide bonds. The molecule has 0 saturated carbocycles. The molecule has 5 nitrogen and oxygen atoms in total. The number of halogens is 1. The Kier molecular flexibility index (Phi) is 4.42. The molecule has 0 radical (unpaired) electrons. The molecule has 0 bridgehead atoms. The number of hydrogen-bond acceptors (Lipinski definition) is 3. The Balaban J connectivity index is 1.55. The molecule has 0 unspecified atom stereocenters. The predicted octanol–water partition coefficient (Wildman–Crippen LogP) is 2.51. The summed E-state index contributed by atoms with van der Waals surface area (Å²) in [7, 11) is 0. The van der Waals surface area contributed by atoms with Crippen molar-refractivity contribution in [2.75, 3.05) is 6.54 Å². The zero-order chi connectivity index (χ0) is 16.1. The van der Waals surface area contributed by atoms with Crippen LogP contribution in [0.15, 0.2) is 60.8 Å². The quantitative estimate of drug-likeness (QED) is 0.788. The first-order valence-electron chi connectivity index (χ1n) is 7.22. The SMILES string of the molecule is O=C(NCCn1cc(-c2ccccc2)nn1)c1cccc(F)c1. The first-order chi connectivity index (χ1) is 11.2. The monoisotopic (exact) mass is 310 g/mol. The summed E-state index contributed by atoms with van der Waals surface area (Å²) < 4.78 is 14.7. The molecule has 1 aromatic heterocycles. The highest BCUT2D eigenvalue weighted by Crippen LogP contribution is 2.14. The lowest BCUT2D eigenvalue weighted by molar-refractivity contribution is 0.0951. The van der Waals surface area contributed by atoms with Gasteiger partial charge in [-0.1, -0.05) is 41.6 Å². The van der Waals surface area contributed by atoms with Gasteiger partial charge < -0.3 is 5.32 Å². The number of carbonyl (C=O) groups is 1. The molecule has 23 heavy (non-hydrogen) atoms. The van der Waals surface area contributed by atoms with Gasteiger partial charge in [0.05, 0.1) is 12.7 Å². The lowest BCUT2D eigenvalue weighted by atomic mass is 10.2. The van der Waals surface area contributed by atoms with Crippen LogP contribution in [0.2, 0.25) is 0 Å². The summed E-state index contributed by atoms with van der Waals surface area (Å²) in [5.41, 5.74) is 2.07. The number of hydrogen-bond donors (Lipinski definition) is 1. The molecule has 0 saturated heterocycles. The highest BCUT2D eigenvalue weighted by atomic mass is 19.1. The van der Waals surface area contributed by atoms with Crippen molar-refractivity contribution < 1.29 is 9.18 Å². The van der Waals surface area contributed by atoms with Gasteiger partial charge in [-0.3, -0.25) is 9.48 Å². The highest BCUT2D eigenvalue weighted by Gasteiger charge is 2.07. The Morgan fingerprint density at radius 1 is 1.13 bits per heavy atom. The van der Waals surface area contributed by atoms with E-state index in [0.717, 1.165) is 11.3 Å². The molecule has 1 heterocycles. The number of nitrogens with zero attached hydrogens (tertiary/aromatic N) is 3. The predicted molar refractivity (Wildman–Crippen MR) is 84.2 cm³/mol. The van der Waals surface area contributed by atoms with Crippen molar-refractivity contribution >= 4 is 5.91 Å². The Morgan fingerprint density at radius 3 is 2.74 bits per heavy atom. The van der Waals surface area contributed by atoms with E-state index in [1.807, 2.05) is 36.5 Å². The van der Waals surface area contributed by atoms with Gasteiger partial charge in [0.25, 0.3) is 5.91 Å². The molecule has 0 aliphatic rings. The van der Waals surface area contributed by atoms with Crippen LogP contribution in [0.5, 0.6) is 0 Å². The fourth-order valence-electron chi connectivity index (χ4n) is 2.16. The number of aromatic nitrogens is 3. The van der Waals surface area contributed by atoms with Crippen LogP contribution in [0.25, 0.3) is 11.3 Å². The van der Waals surface area contributed by atoms with Gasteiger partial charge in [-0.25, -0.2) is 4.39 Å². The molecule has 0 atom stereocenters. The van der Waals surface area contributed by atoms with Crippen LogP contribution >= 0.6 is 0 Å². The van der Waals surface area contributed by atoms with Crippen molar-refractivity contribution in [3.05, 3.63) is 72.2 Å². The maximum atomic E-state index is 13.1. The number of rotatable bonds is 5. The van der Waals surface area contributed by atoms with Gasteiger partial charge in [-0.05, 0) is 18.2 Å². The molecule has 3 aromatic rings. The molecule has 2 aromatic carbocycles. The average molecular weight is 310 g/mol. The second-order valence-electron chi connectivity index (χ2n) is 5.00. The van der Waals surface area contributed by atoms with Crippen molar-refractivity contribution in [2.24, 2.45) is 0 Å². The van der Waals surface area contributed by atoms with Gasteiger partial charge in [0, 0.05) is 17.7 Å². The Bertz CT molecular complexity index is 801. The van der Waals surface area contributed by atoms with E-state index >= 15 is 0 Å². The lowest BCUT2D eigenvalue weighted by Gasteiger charge is -2.05. The first-order valence-corrected chi connectivity index (χ1v) is 7.22. The van der Waals surface area contributed by atoms with Crippen molar-refractivity contribution in [1.82, 2.24) is 20.3 Å². The van der Waals surface area contributed by atoms with Crippen molar-refractivity contribution in [2.45, 2.75) is 6.54 Å². The van der Waals surface area contributed by atoms with Crippen molar-refractivity contribution in [3.63, 3.8) is 0 Å². The van der Waals surface area contributed by atoms with Gasteiger partial charge >= 0.3 is 0 Å². The van der Waals surface area contributed by atoms with E-state index in [4.69, 9.17) is 0 Å². The van der Waals surface area contributed by atoms with Gasteiger partial charge in [0.15, 0.2) is 0 Å². The molecule has 0 aliphatic carbocycles. The van der Waals surface area contributed by atoms with Crippen molar-refractivity contribution in [3.8, 4) is 11.3 Å². The van der Waals surface area contributed by atoms with E-state index < -0.39 is 5.82 Å². The van der Waals surface area contributed by atoms with Gasteiger partial charge in [0.1, 0.15) is 11.5 Å². The van der Waals surface area contributed by atoms with Gasteiger partial charge in [-0.2, -0.15) is 0 Å². The van der Waals surface area contributed by atoms with Crippen LogP contribution in [0, 0.1) is 5.82 Å². The van der Waals surface area contributed by atoms with E-state index in [1.54, 1.807) is 10.7 Å². The third-order valence-electron chi connectivity index (χ3n) is 3.32. The summed E-state index contributed by atoms with van der Waals surface area (Å²) in [6.07, 6.45) is 1.82. The molecule has 3 rings (SSSR count). The minimum atomic E-state index is -0.429. The Hall–Kier alpha value is -3.02. The van der Waals surface area contributed by atoms with Crippen LogP contribution in [0.4, 0.5) is 4.39 Å². The minimum Gasteiger partial charge on any atom is -0.350 e. The fraction of sp³-hybridized carbons (Fsp3) is 0.118. The van der Waals surface area contributed by atoms with Gasteiger partial charge in [0.2, 0.25) is 0 Å². The van der Waals surface area contributed by atoms with Crippen LogP contribution < -0.4 is 5.32 Å². The first kappa shape index (κ1) is 14.9. The summed E-state index contributed by atoms with van der Waals surface area (Å²) in [6, 6.07) is 15.3. The van der Waals surface area contributed by atoms with E-state index in [2.05, 4.69) is 15.6 Å². The van der Waals surface area contributed by atoms with Crippen LogP contribution in [0.3, 0.4) is 0 Å². The van der Waals surface area contributed by atoms with Crippen LogP contribution in [-0.2, 0) is 6.54 Å². The second-order valence-corrected chi connectivity index (χ2v) is 5.00. The van der Waals surface area contributed by atoms with Crippen LogP contribution in [0.1, 0.15) is 10.4 Å². The number of nitrogens with one attached hydrogen (secondary N) is 1. The average Bonchev–Trinajstić information content (AvgIpc) is 3.04. The highest BCUT2D eigenvalue weighted by molar-refractivity contribution is 5.94. The van der Waals surface area contributed by atoms with Crippen LogP contribution in [-0.4, -0.2) is 27.4 Å². The van der Waals surface area contributed by atoms with E-state index in [-0.39, 0.29) is 5.91 Å². The number of benzene rings is 2. The summed E-state index contributed by atoms with van der Waals surface area (Å²) in [4.78, 5) is 11.9. The number of amides is 1. The summed E-state index contributed by atoms with van der Waals surface area (Å²) in [5.74, 6) is -0.741. The zero-order valence-corrected chi connectivity index (χ0v) is 12.3. The molecule has 116 valence electrons. The standard InChI is InChI=1S/C17H15FN4O/c18-15-8-4-7-14(11-15)17(23)19-9-10-22-12-16(20-21-22)13-5-2-1-3-6-13/h1-8,11-12H,9-10H2,(H,19,23). The maximum Gasteiger partial charge on any atom is 0.251 e. The van der Waals surface area contributed by atoms with Gasteiger partial charge in [-0.15, -0.1) is 5.10 Å². The normalized spacial score (nSPS) is 10.5. The molecule has 0 spiro atoms. The second kappa shape index (κ2) is 6.83. The maximum absolute atomic E-state index is 13.1. The smallest absolute Gasteiger partial charge is 0.251 e. The Morgan fingerprint density at radius 2 is 1.96 bits per heavy atom. The lowest BCUT2D eigenvalue weighted by Crippen LogP contribution is -2.27. The third kappa shape index (κ3) is 3.79. The minimum absolute atomic E-state index is 0.300. The van der Waals surface area contributed by atoms with E-state index in [1.165, 1.54) is 18.2 Å².